The largest absolute Gasteiger partial charge is 0.303 e. The second kappa shape index (κ2) is 7.42. The highest BCUT2D eigenvalue weighted by atomic mass is 14.9. The van der Waals surface area contributed by atoms with Crippen LogP contribution in [-0.2, 0) is 0 Å². The van der Waals surface area contributed by atoms with Crippen LogP contribution in [0.4, 0.5) is 0 Å². The van der Waals surface area contributed by atoms with Crippen LogP contribution in [0.1, 0.15) is 56.0 Å². The van der Waals surface area contributed by atoms with Crippen molar-refractivity contribution in [1.29, 1.82) is 0 Å². The highest BCUT2D eigenvalue weighted by Gasteiger charge is 2.16. The summed E-state index contributed by atoms with van der Waals surface area (Å²) in [6, 6.07) is 20.4. The highest BCUT2D eigenvalue weighted by Crippen LogP contribution is 2.25. The van der Waals surface area contributed by atoms with Gasteiger partial charge in [0.1, 0.15) is 0 Å². The van der Waals surface area contributed by atoms with Crippen molar-refractivity contribution in [3.05, 3.63) is 71.3 Å². The maximum Gasteiger partial charge on any atom is 0.0328 e. The maximum atomic E-state index is 3.80. The fourth-order valence-electron chi connectivity index (χ4n) is 2.71. The van der Waals surface area contributed by atoms with Gasteiger partial charge in [-0.1, -0.05) is 74.0 Å². The molecule has 1 N–H and O–H groups in total. The van der Waals surface area contributed by atoms with Gasteiger partial charge < -0.3 is 5.32 Å². The van der Waals surface area contributed by atoms with Crippen LogP contribution in [0.15, 0.2) is 54.6 Å². The van der Waals surface area contributed by atoms with E-state index in [0.29, 0.717) is 18.0 Å². The summed E-state index contributed by atoms with van der Waals surface area (Å²) in [6.07, 6.45) is 1.15. The molecule has 1 unspecified atom stereocenters. The number of hydrogen-bond donors (Lipinski definition) is 1. The summed E-state index contributed by atoms with van der Waals surface area (Å²) in [5.74, 6) is 0.674. The van der Waals surface area contributed by atoms with Crippen LogP contribution >= 0.6 is 0 Å². The smallest absolute Gasteiger partial charge is 0.0328 e. The zero-order chi connectivity index (χ0) is 15.2. The first kappa shape index (κ1) is 15.8. The van der Waals surface area contributed by atoms with Gasteiger partial charge in [0.05, 0.1) is 0 Å². The van der Waals surface area contributed by atoms with Gasteiger partial charge in [-0.3, -0.25) is 0 Å². The molecule has 21 heavy (non-hydrogen) atoms. The summed E-state index contributed by atoms with van der Waals surface area (Å²) in [4.78, 5) is 0. The van der Waals surface area contributed by atoms with Crippen LogP contribution in [0.25, 0.3) is 0 Å². The van der Waals surface area contributed by atoms with Gasteiger partial charge >= 0.3 is 0 Å². The predicted octanol–water partition coefficient (Wildman–Crippen LogP) is 5.43. The molecule has 0 aromatic heterocycles. The summed E-state index contributed by atoms with van der Waals surface area (Å²) >= 11 is 0. The van der Waals surface area contributed by atoms with Gasteiger partial charge in [0.2, 0.25) is 0 Å². The van der Waals surface area contributed by atoms with E-state index in [4.69, 9.17) is 0 Å². The molecule has 112 valence electrons. The van der Waals surface area contributed by atoms with Crippen molar-refractivity contribution in [2.45, 2.75) is 46.2 Å². The Morgan fingerprint density at radius 2 is 1.43 bits per heavy atom. The normalized spacial score (nSPS) is 14.1. The van der Waals surface area contributed by atoms with Crippen molar-refractivity contribution in [1.82, 2.24) is 5.32 Å². The van der Waals surface area contributed by atoms with E-state index >= 15 is 0 Å². The molecule has 0 radical (unpaired) electrons. The molecule has 0 aliphatic heterocycles. The third-order valence-electron chi connectivity index (χ3n) is 3.94. The quantitative estimate of drug-likeness (QED) is 0.744. The van der Waals surface area contributed by atoms with Crippen molar-refractivity contribution in [2.24, 2.45) is 5.92 Å². The van der Waals surface area contributed by atoms with Crippen molar-refractivity contribution in [2.75, 3.05) is 0 Å². The Labute approximate surface area is 129 Å². The number of hydrogen-bond acceptors (Lipinski definition) is 1. The molecular formula is C20H27N. The Morgan fingerprint density at radius 1 is 0.810 bits per heavy atom. The molecule has 1 heteroatoms. The lowest BCUT2D eigenvalue weighted by Gasteiger charge is -2.26. The molecule has 2 atom stereocenters. The van der Waals surface area contributed by atoms with Crippen LogP contribution in [0.3, 0.4) is 0 Å². The average Bonchev–Trinajstić information content (AvgIpc) is 2.47. The molecule has 0 aliphatic carbocycles. The topological polar surface area (TPSA) is 12.0 Å². The van der Waals surface area contributed by atoms with Gasteiger partial charge in [-0.25, -0.2) is 0 Å². The Morgan fingerprint density at radius 3 is 2.00 bits per heavy atom. The highest BCUT2D eigenvalue weighted by molar-refractivity contribution is 5.25. The minimum atomic E-state index is 0.356. The van der Waals surface area contributed by atoms with Crippen molar-refractivity contribution in [3.8, 4) is 0 Å². The molecular weight excluding hydrogens is 254 g/mol. The molecule has 0 fully saturated rings. The van der Waals surface area contributed by atoms with Crippen LogP contribution in [0, 0.1) is 12.8 Å². The molecule has 0 saturated heterocycles. The molecule has 0 amide bonds. The van der Waals surface area contributed by atoms with Crippen molar-refractivity contribution < 1.29 is 0 Å². The van der Waals surface area contributed by atoms with E-state index in [2.05, 4.69) is 87.6 Å². The van der Waals surface area contributed by atoms with Crippen LogP contribution in [0.2, 0.25) is 0 Å². The standard InChI is InChI=1S/C20H27N/c1-15(2)14-20(19-8-6-5-7-9-19)21-17(4)18-12-10-16(3)11-13-18/h5-13,15,17,20-21H,14H2,1-4H3/t17-,20?/m1/s1. The average molecular weight is 281 g/mol. The Kier molecular flexibility index (Phi) is 5.58. The van der Waals surface area contributed by atoms with E-state index in [1.54, 1.807) is 0 Å². The maximum absolute atomic E-state index is 3.80. The molecule has 0 heterocycles. The first-order chi connectivity index (χ1) is 10.1. The molecule has 1 nitrogen and oxygen atoms in total. The third-order valence-corrected chi connectivity index (χ3v) is 3.94. The van der Waals surface area contributed by atoms with Crippen LogP contribution < -0.4 is 5.32 Å². The molecule has 2 rings (SSSR count). The third kappa shape index (κ3) is 4.71. The fraction of sp³-hybridized carbons (Fsp3) is 0.400. The SMILES string of the molecule is Cc1ccc([C@@H](C)NC(CC(C)C)c2ccccc2)cc1. The zero-order valence-corrected chi connectivity index (χ0v) is 13.6. The second-order valence-corrected chi connectivity index (χ2v) is 6.39. The monoisotopic (exact) mass is 281 g/mol. The molecule has 0 bridgehead atoms. The lowest BCUT2D eigenvalue weighted by molar-refractivity contribution is 0.394. The summed E-state index contributed by atoms with van der Waals surface area (Å²) in [5.41, 5.74) is 4.04. The summed E-state index contributed by atoms with van der Waals surface area (Å²) in [7, 11) is 0. The Balaban J connectivity index is 2.13. The van der Waals surface area contributed by atoms with Crippen molar-refractivity contribution >= 4 is 0 Å². The zero-order valence-electron chi connectivity index (χ0n) is 13.6. The molecule has 0 aliphatic rings. The second-order valence-electron chi connectivity index (χ2n) is 6.39. The van der Waals surface area contributed by atoms with E-state index < -0.39 is 0 Å². The van der Waals surface area contributed by atoms with E-state index in [1.165, 1.54) is 16.7 Å². The van der Waals surface area contributed by atoms with E-state index in [1.807, 2.05) is 0 Å². The predicted molar refractivity (Wildman–Crippen MR) is 91.4 cm³/mol. The molecule has 0 saturated carbocycles. The lowest BCUT2D eigenvalue weighted by atomic mass is 9.95. The fourth-order valence-corrected chi connectivity index (χ4v) is 2.71. The van der Waals surface area contributed by atoms with Crippen LogP contribution in [-0.4, -0.2) is 0 Å². The van der Waals surface area contributed by atoms with Gasteiger partial charge in [-0.05, 0) is 37.3 Å². The van der Waals surface area contributed by atoms with Gasteiger partial charge in [0, 0.05) is 12.1 Å². The minimum absolute atomic E-state index is 0.356. The van der Waals surface area contributed by atoms with Crippen molar-refractivity contribution in [3.63, 3.8) is 0 Å². The molecule has 0 spiro atoms. The van der Waals surface area contributed by atoms with Gasteiger partial charge in [-0.2, -0.15) is 0 Å². The van der Waals surface area contributed by atoms with Gasteiger partial charge in [-0.15, -0.1) is 0 Å². The van der Waals surface area contributed by atoms with Gasteiger partial charge in [0.25, 0.3) is 0 Å². The first-order valence-electron chi connectivity index (χ1n) is 7.94. The number of nitrogens with one attached hydrogen (secondary N) is 1. The van der Waals surface area contributed by atoms with Gasteiger partial charge in [0.15, 0.2) is 0 Å². The first-order valence-corrected chi connectivity index (χ1v) is 7.94. The Bertz CT molecular complexity index is 528. The van der Waals surface area contributed by atoms with E-state index in [0.717, 1.165) is 6.42 Å². The number of aryl methyl sites for hydroxylation is 1. The summed E-state index contributed by atoms with van der Waals surface area (Å²) in [6.45, 7) is 8.96. The van der Waals surface area contributed by atoms with E-state index in [-0.39, 0.29) is 0 Å². The lowest BCUT2D eigenvalue weighted by Crippen LogP contribution is -2.26. The van der Waals surface area contributed by atoms with Crippen LogP contribution in [0.5, 0.6) is 0 Å². The van der Waals surface area contributed by atoms with E-state index in [9.17, 15) is 0 Å². The minimum Gasteiger partial charge on any atom is -0.303 e. The number of rotatable bonds is 6. The number of benzene rings is 2. The molecule has 2 aromatic rings. The molecule has 2 aromatic carbocycles. The Hall–Kier alpha value is -1.60. The summed E-state index contributed by atoms with van der Waals surface area (Å²) in [5, 5.41) is 3.80. The summed E-state index contributed by atoms with van der Waals surface area (Å²) < 4.78 is 0.